The Labute approximate surface area is 241 Å². The molecule has 2 aromatic carbocycles. The van der Waals surface area contributed by atoms with Crippen molar-refractivity contribution < 1.29 is 40.0 Å². The molecule has 1 unspecified atom stereocenters. The lowest BCUT2D eigenvalue weighted by atomic mass is 10.0. The number of carbonyl (C=O) groups is 1. The molecule has 230 valence electrons. The highest BCUT2D eigenvalue weighted by atomic mass is 28.4. The lowest BCUT2D eigenvalue weighted by molar-refractivity contribution is -0.143. The summed E-state index contributed by atoms with van der Waals surface area (Å²) < 4.78 is 92.8. The molecular weight excluding hydrogens is 580 g/mol. The molecule has 0 aliphatic heterocycles. The van der Waals surface area contributed by atoms with Gasteiger partial charge in [0, 0.05) is 12.1 Å². The van der Waals surface area contributed by atoms with Crippen molar-refractivity contribution in [3.8, 4) is 5.75 Å². The van der Waals surface area contributed by atoms with E-state index in [0.717, 1.165) is 0 Å². The third-order valence-electron chi connectivity index (χ3n) is 7.97. The molecule has 1 atom stereocenters. The molecule has 0 fully saturated rings. The lowest BCUT2D eigenvalue weighted by Gasteiger charge is -2.39. The first-order valence-corrected chi connectivity index (χ1v) is 19.1. The average molecular weight is 622 g/mol. The van der Waals surface area contributed by atoms with Crippen LogP contribution in [0.1, 0.15) is 74.7 Å². The van der Waals surface area contributed by atoms with Crippen LogP contribution in [-0.2, 0) is 16.8 Å². The van der Waals surface area contributed by atoms with Gasteiger partial charge in [-0.15, -0.1) is 0 Å². The highest BCUT2D eigenvalue weighted by Crippen LogP contribution is 2.41. The number of hydrogen-bond donors (Lipinski definition) is 1. The minimum absolute atomic E-state index is 0.00637. The third kappa shape index (κ3) is 9.08. The van der Waals surface area contributed by atoms with E-state index in [-0.39, 0.29) is 22.7 Å². The van der Waals surface area contributed by atoms with E-state index in [0.29, 0.717) is 23.4 Å². The monoisotopic (exact) mass is 621 g/mol. The number of halogens is 6. The highest BCUT2D eigenvalue weighted by molar-refractivity contribution is 6.75. The number of carbonyl (C=O) groups excluding carboxylic acids is 1. The van der Waals surface area contributed by atoms with Crippen LogP contribution in [-0.4, -0.2) is 29.1 Å². The minimum atomic E-state index is -5.06. The quantitative estimate of drug-likeness (QED) is 0.236. The summed E-state index contributed by atoms with van der Waals surface area (Å²) in [4.78, 5) is 12.9. The van der Waals surface area contributed by atoms with Gasteiger partial charge in [-0.2, -0.15) is 26.3 Å². The second kappa shape index (κ2) is 11.8. The molecular formula is C29H41F6NO3Si2. The van der Waals surface area contributed by atoms with Crippen molar-refractivity contribution in [1.29, 1.82) is 0 Å². The smallest absolute Gasteiger partial charge is 0.416 e. The van der Waals surface area contributed by atoms with Gasteiger partial charge in [-0.05, 0) is 72.2 Å². The van der Waals surface area contributed by atoms with E-state index in [2.05, 4.69) is 39.2 Å². The average Bonchev–Trinajstić information content (AvgIpc) is 2.79. The Balaban J connectivity index is 2.40. The fourth-order valence-electron chi connectivity index (χ4n) is 3.33. The molecule has 41 heavy (non-hydrogen) atoms. The molecule has 0 aromatic heterocycles. The fraction of sp³-hybridized carbons (Fsp3) is 0.552. The van der Waals surface area contributed by atoms with Gasteiger partial charge in [-0.3, -0.25) is 4.79 Å². The Morgan fingerprint density at radius 1 is 0.756 bits per heavy atom. The summed E-state index contributed by atoms with van der Waals surface area (Å²) in [5.74, 6) is -0.387. The van der Waals surface area contributed by atoms with Crippen molar-refractivity contribution in [2.75, 3.05) is 6.54 Å². The van der Waals surface area contributed by atoms with Gasteiger partial charge in [0.05, 0.1) is 17.2 Å². The van der Waals surface area contributed by atoms with E-state index in [1.165, 1.54) is 0 Å². The number of amides is 1. The zero-order valence-electron chi connectivity index (χ0n) is 25.3. The minimum Gasteiger partial charge on any atom is -0.544 e. The number of alkyl halides is 6. The van der Waals surface area contributed by atoms with Gasteiger partial charge < -0.3 is 14.2 Å². The number of nitrogens with one attached hydrogen (secondary N) is 1. The molecule has 0 aliphatic rings. The molecule has 0 radical (unpaired) electrons. The first-order chi connectivity index (χ1) is 18.2. The molecule has 2 aromatic rings. The molecule has 0 bridgehead atoms. The SMILES string of the molecule is CC(C)(C)[Si](C)(C)Oc1ccc(C(CNC(=O)c2cc(C(F)(F)F)cc(C(F)(F)F)c2)O[Si](C)(C)C(C)(C)C)cc1. The number of benzene rings is 2. The third-order valence-corrected chi connectivity index (χ3v) is 16.8. The Bertz CT molecular complexity index is 1180. The van der Waals surface area contributed by atoms with Gasteiger partial charge >= 0.3 is 12.4 Å². The molecule has 0 heterocycles. The molecule has 0 saturated heterocycles. The van der Waals surface area contributed by atoms with Crippen LogP contribution in [0.2, 0.25) is 36.3 Å². The van der Waals surface area contributed by atoms with Crippen LogP contribution in [0.25, 0.3) is 0 Å². The molecule has 0 saturated carbocycles. The van der Waals surface area contributed by atoms with Gasteiger partial charge in [0.15, 0.2) is 8.32 Å². The first kappa shape index (κ1) is 34.9. The number of rotatable bonds is 8. The molecule has 1 amide bonds. The summed E-state index contributed by atoms with van der Waals surface area (Å²) in [6.45, 7) is 20.6. The first-order valence-electron chi connectivity index (χ1n) is 13.3. The summed E-state index contributed by atoms with van der Waals surface area (Å²) in [7, 11) is -4.52. The summed E-state index contributed by atoms with van der Waals surface area (Å²) >= 11 is 0. The van der Waals surface area contributed by atoms with Crippen LogP contribution >= 0.6 is 0 Å². The Morgan fingerprint density at radius 2 is 1.20 bits per heavy atom. The molecule has 0 spiro atoms. The lowest BCUT2D eigenvalue weighted by Crippen LogP contribution is -2.44. The molecule has 2 rings (SSSR count). The molecule has 1 N–H and O–H groups in total. The van der Waals surface area contributed by atoms with Crippen molar-refractivity contribution in [2.24, 2.45) is 0 Å². The predicted octanol–water partition coefficient (Wildman–Crippen LogP) is 9.60. The van der Waals surface area contributed by atoms with Crippen LogP contribution in [0.5, 0.6) is 5.75 Å². The van der Waals surface area contributed by atoms with E-state index in [9.17, 15) is 31.1 Å². The van der Waals surface area contributed by atoms with Crippen molar-refractivity contribution in [3.63, 3.8) is 0 Å². The van der Waals surface area contributed by atoms with E-state index < -0.39 is 57.7 Å². The van der Waals surface area contributed by atoms with Gasteiger partial charge in [-0.25, -0.2) is 0 Å². The maximum absolute atomic E-state index is 13.3. The van der Waals surface area contributed by atoms with Crippen molar-refractivity contribution >= 4 is 22.5 Å². The van der Waals surface area contributed by atoms with Crippen LogP contribution in [0.4, 0.5) is 26.3 Å². The molecule has 0 aliphatic carbocycles. The van der Waals surface area contributed by atoms with Crippen molar-refractivity contribution in [1.82, 2.24) is 5.32 Å². The Kier molecular flexibility index (Phi) is 10.0. The van der Waals surface area contributed by atoms with Crippen LogP contribution in [0.3, 0.4) is 0 Å². The highest BCUT2D eigenvalue weighted by Gasteiger charge is 2.41. The Hall–Kier alpha value is -2.32. The number of hydrogen-bond acceptors (Lipinski definition) is 3. The maximum atomic E-state index is 13.3. The van der Waals surface area contributed by atoms with Gasteiger partial charge in [0.25, 0.3) is 5.91 Å². The maximum Gasteiger partial charge on any atom is 0.416 e. The predicted molar refractivity (Wildman–Crippen MR) is 154 cm³/mol. The van der Waals surface area contributed by atoms with Gasteiger partial charge in [0.2, 0.25) is 8.32 Å². The zero-order valence-corrected chi connectivity index (χ0v) is 27.3. The normalized spacial score (nSPS) is 14.5. The van der Waals surface area contributed by atoms with Gasteiger partial charge in [-0.1, -0.05) is 53.7 Å². The van der Waals surface area contributed by atoms with E-state index in [4.69, 9.17) is 8.85 Å². The Morgan fingerprint density at radius 3 is 1.59 bits per heavy atom. The second-order valence-electron chi connectivity index (χ2n) is 13.3. The summed E-state index contributed by atoms with van der Waals surface area (Å²) in [6, 6.07) is 8.05. The van der Waals surface area contributed by atoms with Gasteiger partial charge in [0.1, 0.15) is 5.75 Å². The van der Waals surface area contributed by atoms with E-state index in [1.54, 1.807) is 12.1 Å². The standard InChI is InChI=1S/C29H41F6NO3Si2/c1-26(2,3)40(7,8)38-23-13-11-19(12-14-23)24(39-41(9,10)27(4,5)6)18-36-25(37)20-15-21(28(30,31)32)17-22(16-20)29(33,34)35/h11-17,24H,18H2,1-10H3,(H,36,37). The van der Waals surface area contributed by atoms with E-state index >= 15 is 0 Å². The van der Waals surface area contributed by atoms with Crippen molar-refractivity contribution in [3.05, 3.63) is 64.7 Å². The van der Waals surface area contributed by atoms with Crippen LogP contribution < -0.4 is 9.74 Å². The van der Waals surface area contributed by atoms with Crippen LogP contribution in [0, 0.1) is 0 Å². The van der Waals surface area contributed by atoms with E-state index in [1.807, 2.05) is 46.0 Å². The topological polar surface area (TPSA) is 47.6 Å². The summed E-state index contributed by atoms with van der Waals surface area (Å²) in [5, 5.41) is 2.28. The largest absolute Gasteiger partial charge is 0.544 e. The second-order valence-corrected chi connectivity index (χ2v) is 22.8. The van der Waals surface area contributed by atoms with Crippen LogP contribution in [0.15, 0.2) is 42.5 Å². The summed E-state index contributed by atoms with van der Waals surface area (Å²) in [6.07, 6.45) is -10.8. The summed E-state index contributed by atoms with van der Waals surface area (Å²) in [5.41, 5.74) is -3.15. The molecule has 12 heteroatoms. The molecule has 4 nitrogen and oxygen atoms in total. The fourth-order valence-corrected chi connectivity index (χ4v) is 5.65. The zero-order chi connectivity index (χ0) is 31.8. The van der Waals surface area contributed by atoms with Crippen molar-refractivity contribution in [2.45, 2.75) is 96.3 Å².